The summed E-state index contributed by atoms with van der Waals surface area (Å²) in [6.45, 7) is 0. The van der Waals surface area contributed by atoms with Crippen molar-refractivity contribution in [1.29, 1.82) is 0 Å². The maximum Gasteiger partial charge on any atom is 0.266 e. The third-order valence-corrected chi connectivity index (χ3v) is 3.19. The Balaban J connectivity index is 2.22. The van der Waals surface area contributed by atoms with Crippen molar-refractivity contribution >= 4 is 29.1 Å². The van der Waals surface area contributed by atoms with Gasteiger partial charge in [0.1, 0.15) is 5.69 Å². The molecule has 4 nitrogen and oxygen atoms in total. The normalized spacial score (nSPS) is 13.8. The van der Waals surface area contributed by atoms with Gasteiger partial charge in [0.2, 0.25) is 0 Å². The number of amides is 2. The highest BCUT2D eigenvalue weighted by molar-refractivity contribution is 6.35. The molecule has 0 radical (unpaired) electrons. The highest BCUT2D eigenvalue weighted by Crippen LogP contribution is 2.33. The van der Waals surface area contributed by atoms with Gasteiger partial charge in [-0.05, 0) is 12.1 Å². The molecule has 20 heavy (non-hydrogen) atoms. The summed E-state index contributed by atoms with van der Waals surface area (Å²) in [6, 6.07) is 5.93. The van der Waals surface area contributed by atoms with Gasteiger partial charge >= 0.3 is 0 Å². The second-order valence-corrected chi connectivity index (χ2v) is 4.41. The molecule has 2 aromatic rings. The van der Waals surface area contributed by atoms with E-state index in [1.807, 2.05) is 0 Å². The first-order chi connectivity index (χ1) is 9.52. The van der Waals surface area contributed by atoms with Gasteiger partial charge < -0.3 is 0 Å². The number of aromatic nitrogens is 1. The van der Waals surface area contributed by atoms with Crippen LogP contribution in [0, 0.1) is 11.6 Å². The smallest absolute Gasteiger partial charge is 0.266 e. The van der Waals surface area contributed by atoms with E-state index in [2.05, 4.69) is 4.98 Å². The van der Waals surface area contributed by atoms with Gasteiger partial charge in [0.15, 0.2) is 16.8 Å². The van der Waals surface area contributed by atoms with Crippen LogP contribution in [0.5, 0.6) is 0 Å². The molecule has 0 spiro atoms. The fourth-order valence-corrected chi connectivity index (χ4v) is 2.17. The SMILES string of the molecule is O=C1c2ccccc2C(=O)N1c1c(F)cnc(Cl)c1F. The lowest BCUT2D eigenvalue weighted by Gasteiger charge is -2.15. The van der Waals surface area contributed by atoms with Crippen LogP contribution in [0.3, 0.4) is 0 Å². The van der Waals surface area contributed by atoms with Crippen molar-refractivity contribution in [3.63, 3.8) is 0 Å². The molecule has 7 heteroatoms. The summed E-state index contributed by atoms with van der Waals surface area (Å²) in [5, 5.41) is -0.613. The largest absolute Gasteiger partial charge is 0.268 e. The third-order valence-electron chi connectivity index (χ3n) is 2.92. The maximum atomic E-state index is 13.9. The monoisotopic (exact) mass is 294 g/mol. The molecule has 0 saturated carbocycles. The van der Waals surface area contributed by atoms with Crippen molar-refractivity contribution in [2.45, 2.75) is 0 Å². The average molecular weight is 295 g/mol. The van der Waals surface area contributed by atoms with Gasteiger partial charge in [-0.15, -0.1) is 0 Å². The van der Waals surface area contributed by atoms with Crippen LogP contribution in [0.15, 0.2) is 30.5 Å². The summed E-state index contributed by atoms with van der Waals surface area (Å²) < 4.78 is 27.6. The summed E-state index contributed by atoms with van der Waals surface area (Å²) in [4.78, 5) is 28.0. The van der Waals surface area contributed by atoms with Crippen molar-refractivity contribution in [3.05, 3.63) is 58.4 Å². The molecule has 0 unspecified atom stereocenters. The molecule has 1 aliphatic heterocycles. The lowest BCUT2D eigenvalue weighted by Crippen LogP contribution is -2.31. The van der Waals surface area contributed by atoms with E-state index in [1.54, 1.807) is 12.1 Å². The zero-order valence-electron chi connectivity index (χ0n) is 9.73. The molecule has 0 fully saturated rings. The maximum absolute atomic E-state index is 13.9. The van der Waals surface area contributed by atoms with Crippen LogP contribution < -0.4 is 4.90 Å². The summed E-state index contributed by atoms with van der Waals surface area (Å²) in [6.07, 6.45) is 0.657. The molecule has 0 bridgehead atoms. The number of fused-ring (bicyclic) bond motifs is 1. The Morgan fingerprint density at radius 1 is 1.05 bits per heavy atom. The molecular weight excluding hydrogens is 290 g/mol. The highest BCUT2D eigenvalue weighted by atomic mass is 35.5. The van der Waals surface area contributed by atoms with Gasteiger partial charge in [-0.1, -0.05) is 23.7 Å². The Kier molecular flexibility index (Phi) is 2.76. The van der Waals surface area contributed by atoms with Crippen molar-refractivity contribution in [3.8, 4) is 0 Å². The number of imide groups is 1. The van der Waals surface area contributed by atoms with Gasteiger partial charge in [0, 0.05) is 0 Å². The first-order valence-corrected chi connectivity index (χ1v) is 5.87. The summed E-state index contributed by atoms with van der Waals surface area (Å²) >= 11 is 5.47. The van der Waals surface area contributed by atoms with Gasteiger partial charge in [0.25, 0.3) is 11.8 Å². The Morgan fingerprint density at radius 2 is 1.60 bits per heavy atom. The van der Waals surface area contributed by atoms with Crippen molar-refractivity contribution in [1.82, 2.24) is 4.98 Å². The molecule has 1 aromatic heterocycles. The highest BCUT2D eigenvalue weighted by Gasteiger charge is 2.39. The first-order valence-electron chi connectivity index (χ1n) is 5.49. The Hall–Kier alpha value is -2.34. The lowest BCUT2D eigenvalue weighted by molar-refractivity contribution is 0.0923. The Labute approximate surface area is 116 Å². The molecular formula is C13H5ClF2N2O2. The summed E-state index contributed by atoms with van der Waals surface area (Å²) in [5.74, 6) is -3.99. The molecule has 2 heterocycles. The van der Waals surface area contributed by atoms with Gasteiger partial charge in [-0.3, -0.25) is 9.59 Å². The van der Waals surface area contributed by atoms with Gasteiger partial charge in [0.05, 0.1) is 17.3 Å². The molecule has 1 aromatic carbocycles. The van der Waals surface area contributed by atoms with Crippen LogP contribution in [0.4, 0.5) is 14.5 Å². The molecule has 0 N–H and O–H groups in total. The summed E-state index contributed by atoms with van der Waals surface area (Å²) in [5.41, 5.74) is -0.635. The van der Waals surface area contributed by atoms with Gasteiger partial charge in [-0.2, -0.15) is 0 Å². The van der Waals surface area contributed by atoms with E-state index >= 15 is 0 Å². The molecule has 0 aliphatic carbocycles. The van der Waals surface area contributed by atoms with E-state index < -0.39 is 34.3 Å². The van der Waals surface area contributed by atoms with Crippen molar-refractivity contribution in [2.75, 3.05) is 4.90 Å². The van der Waals surface area contributed by atoms with Crippen LogP contribution in [0.1, 0.15) is 20.7 Å². The second kappa shape index (κ2) is 4.35. The van der Waals surface area contributed by atoms with Crippen LogP contribution in [-0.4, -0.2) is 16.8 Å². The number of anilines is 1. The minimum atomic E-state index is -1.25. The van der Waals surface area contributed by atoms with E-state index in [0.29, 0.717) is 11.1 Å². The Bertz CT molecular complexity index is 729. The quantitative estimate of drug-likeness (QED) is 0.600. The standard InChI is InChI=1S/C13H5ClF2N2O2/c14-11-9(16)10(8(15)5-17-11)18-12(19)6-3-1-2-4-7(6)13(18)20/h1-5H. The number of rotatable bonds is 1. The third kappa shape index (κ3) is 1.61. The number of carbonyl (C=O) groups is 2. The number of hydrogen-bond donors (Lipinski definition) is 0. The minimum absolute atomic E-state index is 0.0873. The lowest BCUT2D eigenvalue weighted by atomic mass is 10.1. The number of hydrogen-bond acceptors (Lipinski definition) is 3. The fourth-order valence-electron chi connectivity index (χ4n) is 2.03. The molecule has 100 valence electrons. The number of carbonyl (C=O) groups excluding carboxylic acids is 2. The van der Waals surface area contributed by atoms with E-state index in [9.17, 15) is 18.4 Å². The predicted octanol–water partition coefficient (Wildman–Crippen LogP) is 2.81. The molecule has 0 atom stereocenters. The Morgan fingerprint density at radius 3 is 2.15 bits per heavy atom. The topological polar surface area (TPSA) is 50.3 Å². The van der Waals surface area contributed by atoms with Crippen LogP contribution in [0.2, 0.25) is 5.15 Å². The summed E-state index contributed by atoms with van der Waals surface area (Å²) in [7, 11) is 0. The van der Waals surface area contributed by atoms with Crippen LogP contribution in [0.25, 0.3) is 0 Å². The molecule has 3 rings (SSSR count). The molecule has 0 saturated heterocycles. The van der Waals surface area contributed by atoms with E-state index in [0.717, 1.165) is 0 Å². The van der Waals surface area contributed by atoms with E-state index in [1.165, 1.54) is 12.1 Å². The van der Waals surface area contributed by atoms with E-state index in [4.69, 9.17) is 11.6 Å². The number of nitrogens with zero attached hydrogens (tertiary/aromatic N) is 2. The first kappa shape index (κ1) is 12.7. The number of halogens is 3. The molecule has 1 aliphatic rings. The zero-order chi connectivity index (χ0) is 14.4. The number of pyridine rings is 1. The van der Waals surface area contributed by atoms with Crippen LogP contribution >= 0.6 is 11.6 Å². The van der Waals surface area contributed by atoms with Crippen molar-refractivity contribution < 1.29 is 18.4 Å². The van der Waals surface area contributed by atoms with E-state index in [-0.39, 0.29) is 11.1 Å². The van der Waals surface area contributed by atoms with Crippen LogP contribution in [-0.2, 0) is 0 Å². The van der Waals surface area contributed by atoms with Gasteiger partial charge in [-0.25, -0.2) is 18.7 Å². The number of benzene rings is 1. The fraction of sp³-hybridized carbons (Fsp3) is 0. The predicted molar refractivity (Wildman–Crippen MR) is 66.7 cm³/mol. The average Bonchev–Trinajstić information content (AvgIpc) is 2.69. The zero-order valence-corrected chi connectivity index (χ0v) is 10.5. The minimum Gasteiger partial charge on any atom is -0.268 e. The second-order valence-electron chi connectivity index (χ2n) is 4.05. The molecule has 2 amide bonds. The van der Waals surface area contributed by atoms with Crippen molar-refractivity contribution in [2.24, 2.45) is 0 Å².